The number of carbonyl (C=O) groups excluding carboxylic acids is 1. The Labute approximate surface area is 136 Å². The molecule has 23 heavy (non-hydrogen) atoms. The number of alkyl carbamates (subject to hydrolysis) is 1. The van der Waals surface area contributed by atoms with E-state index in [1.807, 2.05) is 67.6 Å². The summed E-state index contributed by atoms with van der Waals surface area (Å²) < 4.78 is 10.3. The Morgan fingerprint density at radius 2 is 1.96 bits per heavy atom. The van der Waals surface area contributed by atoms with Gasteiger partial charge in [-0.15, -0.1) is 0 Å². The van der Waals surface area contributed by atoms with Gasteiger partial charge in [0.25, 0.3) is 0 Å². The zero-order valence-electron chi connectivity index (χ0n) is 13.4. The topological polar surface area (TPSA) is 47.6 Å². The normalized spacial score (nSPS) is 10.5. The van der Waals surface area contributed by atoms with E-state index in [1.54, 1.807) is 7.11 Å². The van der Waals surface area contributed by atoms with Crippen LogP contribution < -0.4 is 10.1 Å². The molecule has 2 rings (SSSR count). The summed E-state index contributed by atoms with van der Waals surface area (Å²) in [7, 11) is 1.64. The Hall–Kier alpha value is -2.75. The molecule has 0 bridgehead atoms. The van der Waals surface area contributed by atoms with E-state index in [9.17, 15) is 4.79 Å². The van der Waals surface area contributed by atoms with Gasteiger partial charge in [-0.05, 0) is 35.7 Å². The number of amides is 1. The van der Waals surface area contributed by atoms with Crippen LogP contribution in [0.2, 0.25) is 0 Å². The van der Waals surface area contributed by atoms with E-state index in [0.717, 1.165) is 22.4 Å². The minimum atomic E-state index is -0.430. The molecule has 0 spiro atoms. The smallest absolute Gasteiger partial charge is 0.407 e. The van der Waals surface area contributed by atoms with Crippen LogP contribution in [0, 0.1) is 6.92 Å². The number of benzene rings is 2. The van der Waals surface area contributed by atoms with Gasteiger partial charge in [-0.25, -0.2) is 4.79 Å². The summed E-state index contributed by atoms with van der Waals surface area (Å²) in [5, 5.41) is 2.69. The van der Waals surface area contributed by atoms with Crippen LogP contribution in [0.25, 0.3) is 6.08 Å². The quantitative estimate of drug-likeness (QED) is 0.879. The van der Waals surface area contributed by atoms with Gasteiger partial charge in [0, 0.05) is 6.54 Å². The van der Waals surface area contributed by atoms with E-state index in [0.29, 0.717) is 6.54 Å². The van der Waals surface area contributed by atoms with E-state index >= 15 is 0 Å². The van der Waals surface area contributed by atoms with Crippen LogP contribution in [0.3, 0.4) is 0 Å². The van der Waals surface area contributed by atoms with Crippen LogP contribution in [-0.2, 0) is 11.3 Å². The predicted molar refractivity (Wildman–Crippen MR) is 91.4 cm³/mol. The van der Waals surface area contributed by atoms with E-state index in [2.05, 4.69) is 5.32 Å². The number of rotatable bonds is 6. The Morgan fingerprint density at radius 3 is 2.70 bits per heavy atom. The first-order valence-electron chi connectivity index (χ1n) is 7.45. The second kappa shape index (κ2) is 8.63. The summed E-state index contributed by atoms with van der Waals surface area (Å²) in [6.45, 7) is 2.70. The molecule has 0 aliphatic carbocycles. The molecule has 0 saturated carbocycles. The van der Waals surface area contributed by atoms with E-state index < -0.39 is 6.09 Å². The molecule has 0 saturated heterocycles. The molecule has 0 unspecified atom stereocenters. The van der Waals surface area contributed by atoms with Gasteiger partial charge < -0.3 is 14.8 Å². The minimum absolute atomic E-state index is 0.269. The van der Waals surface area contributed by atoms with Crippen LogP contribution in [0.15, 0.2) is 54.6 Å². The maximum atomic E-state index is 11.6. The van der Waals surface area contributed by atoms with Crippen molar-refractivity contribution in [2.24, 2.45) is 0 Å². The Kier molecular flexibility index (Phi) is 6.24. The number of nitrogens with one attached hydrogen (secondary N) is 1. The number of hydrogen-bond donors (Lipinski definition) is 1. The highest BCUT2D eigenvalue weighted by Gasteiger charge is 2.01. The summed E-state index contributed by atoms with van der Waals surface area (Å²) in [5.74, 6) is 0.811. The summed E-state index contributed by atoms with van der Waals surface area (Å²) in [6, 6.07) is 15.5. The van der Waals surface area contributed by atoms with Crippen LogP contribution in [-0.4, -0.2) is 19.7 Å². The number of aryl methyl sites for hydroxylation is 1. The van der Waals surface area contributed by atoms with Gasteiger partial charge in [-0.2, -0.15) is 0 Å². The van der Waals surface area contributed by atoms with E-state index in [-0.39, 0.29) is 6.61 Å². The maximum Gasteiger partial charge on any atom is 0.407 e. The molecule has 0 radical (unpaired) electrons. The molecule has 4 heteroatoms. The van der Waals surface area contributed by atoms with Crippen LogP contribution in [0.1, 0.15) is 16.7 Å². The average molecular weight is 311 g/mol. The van der Waals surface area contributed by atoms with Gasteiger partial charge in [0.15, 0.2) is 0 Å². The number of ether oxygens (including phenoxy) is 2. The van der Waals surface area contributed by atoms with Gasteiger partial charge in [-0.3, -0.25) is 0 Å². The molecule has 1 N–H and O–H groups in total. The Bertz CT molecular complexity index is 666. The molecular weight excluding hydrogens is 290 g/mol. The molecule has 0 atom stereocenters. The molecule has 0 heterocycles. The molecule has 0 aliphatic heterocycles. The second-order valence-corrected chi connectivity index (χ2v) is 5.07. The minimum Gasteiger partial charge on any atom is -0.497 e. The second-order valence-electron chi connectivity index (χ2n) is 5.07. The monoisotopic (exact) mass is 311 g/mol. The molecule has 0 aromatic heterocycles. The molecule has 1 amide bonds. The number of hydrogen-bond acceptors (Lipinski definition) is 3. The highest BCUT2D eigenvalue weighted by Crippen LogP contribution is 2.18. The van der Waals surface area contributed by atoms with Crippen LogP contribution in [0.4, 0.5) is 4.79 Å². The lowest BCUT2D eigenvalue weighted by atomic mass is 10.1. The van der Waals surface area contributed by atoms with E-state index in [1.165, 1.54) is 0 Å². The van der Waals surface area contributed by atoms with Gasteiger partial charge in [0.05, 0.1) is 7.11 Å². The van der Waals surface area contributed by atoms with Crippen LogP contribution >= 0.6 is 0 Å². The van der Waals surface area contributed by atoms with Gasteiger partial charge in [0.2, 0.25) is 0 Å². The zero-order chi connectivity index (χ0) is 16.5. The van der Waals surface area contributed by atoms with Crippen molar-refractivity contribution in [2.45, 2.75) is 13.5 Å². The first kappa shape index (κ1) is 16.6. The molecule has 2 aromatic carbocycles. The fourth-order valence-corrected chi connectivity index (χ4v) is 2.03. The molecule has 4 nitrogen and oxygen atoms in total. The molecule has 2 aromatic rings. The summed E-state index contributed by atoms with van der Waals surface area (Å²) in [5.41, 5.74) is 3.17. The lowest BCUT2D eigenvalue weighted by molar-refractivity contribution is 0.141. The van der Waals surface area contributed by atoms with Crippen molar-refractivity contribution in [2.75, 3.05) is 13.7 Å². The van der Waals surface area contributed by atoms with Crippen molar-refractivity contribution in [1.82, 2.24) is 5.32 Å². The SMILES string of the molecule is COc1ccc(C)c(C=CCNC(=O)OCc2ccccc2)c1. The lowest BCUT2D eigenvalue weighted by Gasteiger charge is -2.06. The summed E-state index contributed by atoms with van der Waals surface area (Å²) in [4.78, 5) is 11.6. The molecular formula is C19H21NO3. The number of methoxy groups -OCH3 is 1. The van der Waals surface area contributed by atoms with Crippen molar-refractivity contribution >= 4 is 12.2 Å². The van der Waals surface area contributed by atoms with Crippen molar-refractivity contribution in [3.63, 3.8) is 0 Å². The Morgan fingerprint density at radius 1 is 1.17 bits per heavy atom. The van der Waals surface area contributed by atoms with Gasteiger partial charge in [-0.1, -0.05) is 48.6 Å². The highest BCUT2D eigenvalue weighted by molar-refractivity contribution is 5.67. The van der Waals surface area contributed by atoms with E-state index in [4.69, 9.17) is 9.47 Å². The van der Waals surface area contributed by atoms with Crippen molar-refractivity contribution in [1.29, 1.82) is 0 Å². The van der Waals surface area contributed by atoms with Crippen molar-refractivity contribution < 1.29 is 14.3 Å². The van der Waals surface area contributed by atoms with Crippen LogP contribution in [0.5, 0.6) is 5.75 Å². The third-order valence-electron chi connectivity index (χ3n) is 3.36. The van der Waals surface area contributed by atoms with Gasteiger partial charge >= 0.3 is 6.09 Å². The first-order valence-corrected chi connectivity index (χ1v) is 7.45. The van der Waals surface area contributed by atoms with Crippen molar-refractivity contribution in [3.05, 3.63) is 71.3 Å². The molecule has 120 valence electrons. The largest absolute Gasteiger partial charge is 0.497 e. The Balaban J connectivity index is 1.77. The zero-order valence-corrected chi connectivity index (χ0v) is 13.4. The standard InChI is InChI=1S/C19H21NO3/c1-15-10-11-18(22-2)13-17(15)9-6-12-20-19(21)23-14-16-7-4-3-5-8-16/h3-11,13H,12,14H2,1-2H3,(H,20,21). The average Bonchev–Trinajstić information content (AvgIpc) is 2.59. The third-order valence-corrected chi connectivity index (χ3v) is 3.36. The highest BCUT2D eigenvalue weighted by atomic mass is 16.5. The summed E-state index contributed by atoms with van der Waals surface area (Å²) in [6.07, 6.45) is 3.40. The third kappa shape index (κ3) is 5.51. The predicted octanol–water partition coefficient (Wildman–Crippen LogP) is 3.94. The maximum absolute atomic E-state index is 11.6. The fraction of sp³-hybridized carbons (Fsp3) is 0.211. The van der Waals surface area contributed by atoms with Gasteiger partial charge in [0.1, 0.15) is 12.4 Å². The lowest BCUT2D eigenvalue weighted by Crippen LogP contribution is -2.24. The fourth-order valence-electron chi connectivity index (χ4n) is 2.03. The first-order chi connectivity index (χ1) is 11.2. The molecule has 0 fully saturated rings. The summed E-state index contributed by atoms with van der Waals surface area (Å²) >= 11 is 0. The molecule has 0 aliphatic rings. The van der Waals surface area contributed by atoms with Crippen molar-refractivity contribution in [3.8, 4) is 5.75 Å². The number of carbonyl (C=O) groups is 1.